The van der Waals surface area contributed by atoms with Crippen LogP contribution in [0.15, 0.2) is 24.3 Å². The summed E-state index contributed by atoms with van der Waals surface area (Å²) < 4.78 is 5.15. The van der Waals surface area contributed by atoms with E-state index in [2.05, 4.69) is 0 Å². The van der Waals surface area contributed by atoms with E-state index < -0.39 is 5.97 Å². The lowest BCUT2D eigenvalue weighted by atomic mass is 9.81. The number of carbonyl (C=O) groups is 3. The van der Waals surface area contributed by atoms with E-state index in [0.29, 0.717) is 5.02 Å². The van der Waals surface area contributed by atoms with Crippen LogP contribution in [0.5, 0.6) is 0 Å². The van der Waals surface area contributed by atoms with Crippen LogP contribution in [0.4, 0.5) is 0 Å². The average Bonchev–Trinajstić information content (AvgIpc) is 2.80. The van der Waals surface area contributed by atoms with Crippen molar-refractivity contribution in [3.8, 4) is 0 Å². The van der Waals surface area contributed by atoms with Crippen molar-refractivity contribution >= 4 is 29.4 Å². The van der Waals surface area contributed by atoms with E-state index in [-0.39, 0.29) is 36.8 Å². The van der Waals surface area contributed by atoms with Crippen molar-refractivity contribution in [2.24, 2.45) is 11.8 Å². The third-order valence-electron chi connectivity index (χ3n) is 4.53. The first-order valence-electron chi connectivity index (χ1n) is 7.81. The number of hydrogen-bond donors (Lipinski definition) is 0. The van der Waals surface area contributed by atoms with Crippen molar-refractivity contribution in [2.45, 2.75) is 32.3 Å². The fourth-order valence-corrected chi connectivity index (χ4v) is 3.43. The number of nitrogens with zero attached hydrogens (tertiary/aromatic N) is 1. The predicted octanol–water partition coefficient (Wildman–Crippen LogP) is 2.56. The minimum absolute atomic E-state index is 0.0963. The lowest BCUT2D eigenvalue weighted by Crippen LogP contribution is -2.36. The standard InChI is InChI=1S/C17H18ClNO4/c18-12-7-5-11(6-8-12)10-23-15(20)9-19-16(21)13-3-1-2-4-14(13)17(19)22/h5-8,13-14H,1-4,9-10H2/t13-,14-/m1/s1. The predicted molar refractivity (Wildman–Crippen MR) is 83.4 cm³/mol. The summed E-state index contributed by atoms with van der Waals surface area (Å²) in [4.78, 5) is 37.6. The molecule has 2 amide bonds. The smallest absolute Gasteiger partial charge is 0.326 e. The molecule has 0 N–H and O–H groups in total. The van der Waals surface area contributed by atoms with Crippen LogP contribution in [0, 0.1) is 11.8 Å². The van der Waals surface area contributed by atoms with E-state index in [1.807, 2.05) is 0 Å². The lowest BCUT2D eigenvalue weighted by Gasteiger charge is -2.19. The molecule has 122 valence electrons. The number of carbonyl (C=O) groups excluding carboxylic acids is 3. The van der Waals surface area contributed by atoms with Crippen LogP contribution in [0.1, 0.15) is 31.2 Å². The number of halogens is 1. The van der Waals surface area contributed by atoms with Crippen molar-refractivity contribution in [3.63, 3.8) is 0 Å². The Labute approximate surface area is 139 Å². The highest BCUT2D eigenvalue weighted by molar-refractivity contribution is 6.30. The summed E-state index contributed by atoms with van der Waals surface area (Å²) in [6.45, 7) is -0.197. The normalized spacial score (nSPS) is 23.8. The number of esters is 1. The van der Waals surface area contributed by atoms with Crippen LogP contribution >= 0.6 is 11.6 Å². The first kappa shape index (κ1) is 16.0. The van der Waals surface area contributed by atoms with Gasteiger partial charge in [0.05, 0.1) is 11.8 Å². The topological polar surface area (TPSA) is 63.7 Å². The van der Waals surface area contributed by atoms with Gasteiger partial charge >= 0.3 is 5.97 Å². The summed E-state index contributed by atoms with van der Waals surface area (Å²) in [6.07, 6.45) is 3.42. The van der Waals surface area contributed by atoms with Gasteiger partial charge in [-0.15, -0.1) is 0 Å². The van der Waals surface area contributed by atoms with Gasteiger partial charge in [0.25, 0.3) is 0 Å². The van der Waals surface area contributed by atoms with Gasteiger partial charge in [-0.05, 0) is 30.5 Å². The van der Waals surface area contributed by atoms with Gasteiger partial charge in [-0.25, -0.2) is 0 Å². The molecule has 1 heterocycles. The van der Waals surface area contributed by atoms with E-state index in [4.69, 9.17) is 16.3 Å². The molecule has 1 aliphatic heterocycles. The molecule has 2 atom stereocenters. The molecule has 0 radical (unpaired) electrons. The SMILES string of the molecule is O=C(CN1C(=O)[C@@H]2CCCC[C@H]2C1=O)OCc1ccc(Cl)cc1. The van der Waals surface area contributed by atoms with Crippen molar-refractivity contribution in [1.29, 1.82) is 0 Å². The van der Waals surface area contributed by atoms with Gasteiger partial charge in [-0.2, -0.15) is 0 Å². The summed E-state index contributed by atoms with van der Waals surface area (Å²) in [5, 5.41) is 0.607. The Hall–Kier alpha value is -1.88. The second kappa shape index (κ2) is 6.71. The van der Waals surface area contributed by atoms with Crippen LogP contribution in [0.2, 0.25) is 5.02 Å². The lowest BCUT2D eigenvalue weighted by molar-refractivity contribution is -0.153. The summed E-state index contributed by atoms with van der Waals surface area (Å²) in [7, 11) is 0. The highest BCUT2D eigenvalue weighted by atomic mass is 35.5. The Morgan fingerprint density at radius 3 is 2.22 bits per heavy atom. The number of imide groups is 1. The van der Waals surface area contributed by atoms with Crippen LogP contribution < -0.4 is 0 Å². The molecule has 2 aliphatic rings. The number of benzene rings is 1. The molecule has 0 aromatic heterocycles. The van der Waals surface area contributed by atoms with Crippen molar-refractivity contribution < 1.29 is 19.1 Å². The fraction of sp³-hybridized carbons (Fsp3) is 0.471. The first-order chi connectivity index (χ1) is 11.1. The first-order valence-corrected chi connectivity index (χ1v) is 8.19. The fourth-order valence-electron chi connectivity index (χ4n) is 3.31. The molecule has 5 nitrogen and oxygen atoms in total. The Balaban J connectivity index is 1.56. The number of fused-ring (bicyclic) bond motifs is 1. The monoisotopic (exact) mass is 335 g/mol. The number of ether oxygens (including phenoxy) is 1. The zero-order chi connectivity index (χ0) is 16.4. The Morgan fingerprint density at radius 2 is 1.65 bits per heavy atom. The molecule has 0 spiro atoms. The van der Waals surface area contributed by atoms with Crippen molar-refractivity contribution in [2.75, 3.05) is 6.54 Å². The molecular weight excluding hydrogens is 318 g/mol. The second-order valence-corrected chi connectivity index (χ2v) is 6.48. The Kier molecular flexibility index (Phi) is 4.66. The quantitative estimate of drug-likeness (QED) is 0.626. The number of rotatable bonds is 4. The molecule has 1 saturated carbocycles. The molecule has 6 heteroatoms. The second-order valence-electron chi connectivity index (χ2n) is 6.05. The highest BCUT2D eigenvalue weighted by Gasteiger charge is 2.48. The van der Waals surface area contributed by atoms with E-state index >= 15 is 0 Å². The Morgan fingerprint density at radius 1 is 1.09 bits per heavy atom. The maximum absolute atomic E-state index is 12.3. The van der Waals surface area contributed by atoms with Crippen molar-refractivity contribution in [1.82, 2.24) is 4.90 Å². The van der Waals surface area contributed by atoms with Crippen LogP contribution in [0.25, 0.3) is 0 Å². The Bertz CT molecular complexity index is 604. The molecule has 3 rings (SSSR count). The third kappa shape index (κ3) is 3.39. The summed E-state index contributed by atoms with van der Waals surface area (Å²) >= 11 is 5.79. The maximum atomic E-state index is 12.3. The van der Waals surface area contributed by atoms with Gasteiger partial charge in [0.1, 0.15) is 13.2 Å². The van der Waals surface area contributed by atoms with Crippen molar-refractivity contribution in [3.05, 3.63) is 34.9 Å². The molecule has 1 aliphatic carbocycles. The minimum Gasteiger partial charge on any atom is -0.459 e. The zero-order valence-electron chi connectivity index (χ0n) is 12.7. The minimum atomic E-state index is -0.569. The molecule has 1 aromatic carbocycles. The molecule has 0 unspecified atom stereocenters. The third-order valence-corrected chi connectivity index (χ3v) is 4.78. The van der Waals surface area contributed by atoms with Gasteiger partial charge in [0.15, 0.2) is 0 Å². The van der Waals surface area contributed by atoms with Crippen LogP contribution in [-0.2, 0) is 25.7 Å². The molecule has 1 aromatic rings. The zero-order valence-corrected chi connectivity index (χ0v) is 13.4. The van der Waals surface area contributed by atoms with Crippen LogP contribution in [0.3, 0.4) is 0 Å². The molecular formula is C17H18ClNO4. The van der Waals surface area contributed by atoms with Gasteiger partial charge in [-0.1, -0.05) is 36.6 Å². The molecule has 0 bridgehead atoms. The average molecular weight is 336 g/mol. The maximum Gasteiger partial charge on any atom is 0.326 e. The largest absolute Gasteiger partial charge is 0.459 e. The summed E-state index contributed by atoms with van der Waals surface area (Å²) in [5.41, 5.74) is 0.801. The summed E-state index contributed by atoms with van der Waals surface area (Å²) in [5.74, 6) is -1.48. The van der Waals surface area contributed by atoms with Gasteiger partial charge in [0, 0.05) is 5.02 Å². The van der Waals surface area contributed by atoms with E-state index in [1.54, 1.807) is 24.3 Å². The van der Waals surface area contributed by atoms with Crippen LogP contribution in [-0.4, -0.2) is 29.2 Å². The molecule has 1 saturated heterocycles. The van der Waals surface area contributed by atoms with E-state index in [1.165, 1.54) is 0 Å². The summed E-state index contributed by atoms with van der Waals surface area (Å²) in [6, 6.07) is 6.94. The number of hydrogen-bond acceptors (Lipinski definition) is 4. The van der Waals surface area contributed by atoms with E-state index in [9.17, 15) is 14.4 Å². The van der Waals surface area contributed by atoms with Gasteiger partial charge in [0.2, 0.25) is 11.8 Å². The number of amides is 2. The number of likely N-dealkylation sites (tertiary alicyclic amines) is 1. The van der Waals surface area contributed by atoms with Gasteiger partial charge < -0.3 is 4.74 Å². The highest BCUT2D eigenvalue weighted by Crippen LogP contribution is 2.37. The van der Waals surface area contributed by atoms with E-state index in [0.717, 1.165) is 36.1 Å². The molecule has 2 fully saturated rings. The molecule has 23 heavy (non-hydrogen) atoms. The van der Waals surface area contributed by atoms with Gasteiger partial charge in [-0.3, -0.25) is 19.3 Å².